The highest BCUT2D eigenvalue weighted by Gasteiger charge is 2.68. The first kappa shape index (κ1) is 38.1. The fourth-order valence-corrected chi connectivity index (χ4v) is 12.6. The summed E-state index contributed by atoms with van der Waals surface area (Å²) in [6, 6.07) is 0. The van der Waals surface area contributed by atoms with Crippen LogP contribution >= 0.6 is 0 Å². The molecule has 8 aliphatic rings. The van der Waals surface area contributed by atoms with E-state index in [0.717, 1.165) is 45.1 Å². The lowest BCUT2D eigenvalue weighted by Gasteiger charge is -2.58. The molecule has 0 amide bonds. The Morgan fingerprint density at radius 3 is 2.19 bits per heavy atom. The normalized spacial score (nSPS) is 57.5. The number of hydrogen-bond acceptors (Lipinski definition) is 13. The first-order valence-corrected chi connectivity index (χ1v) is 20.0. The van der Waals surface area contributed by atoms with Crippen molar-refractivity contribution in [1.29, 1.82) is 0 Å². The number of allylic oxidation sites excluding steroid dienone is 1. The van der Waals surface area contributed by atoms with Gasteiger partial charge in [-0.3, -0.25) is 0 Å². The van der Waals surface area contributed by atoms with Crippen LogP contribution in [0.25, 0.3) is 0 Å². The monoisotopic (exact) mass is 738 g/mol. The summed E-state index contributed by atoms with van der Waals surface area (Å²) in [5.74, 6) is 2.83. The molecular weight excluding hydrogens is 676 g/mol. The van der Waals surface area contributed by atoms with Crippen LogP contribution in [0.5, 0.6) is 0 Å². The molecule has 0 aromatic carbocycles. The summed E-state index contributed by atoms with van der Waals surface area (Å²) in [6.45, 7) is 9.20. The van der Waals surface area contributed by atoms with Crippen LogP contribution in [0, 0.1) is 46.3 Å². The molecule has 3 saturated carbocycles. The van der Waals surface area contributed by atoms with Crippen molar-refractivity contribution in [3.05, 3.63) is 11.6 Å². The summed E-state index contributed by atoms with van der Waals surface area (Å²) < 4.78 is 37.4. The Morgan fingerprint density at radius 2 is 1.50 bits per heavy atom. The van der Waals surface area contributed by atoms with Crippen molar-refractivity contribution in [2.75, 3.05) is 19.8 Å². The molecule has 4 aliphatic heterocycles. The fourth-order valence-electron chi connectivity index (χ4n) is 12.6. The van der Waals surface area contributed by atoms with E-state index >= 15 is 0 Å². The van der Waals surface area contributed by atoms with E-state index in [4.69, 9.17) is 28.4 Å². The number of aliphatic hydroxyl groups excluding tert-OH is 7. The smallest absolute Gasteiger partial charge is 0.187 e. The van der Waals surface area contributed by atoms with Gasteiger partial charge >= 0.3 is 0 Å². The van der Waals surface area contributed by atoms with Gasteiger partial charge in [0.05, 0.1) is 32.0 Å². The third-order valence-electron chi connectivity index (χ3n) is 15.6. The zero-order chi connectivity index (χ0) is 36.9. The molecule has 7 fully saturated rings. The van der Waals surface area contributed by atoms with Gasteiger partial charge in [-0.15, -0.1) is 0 Å². The van der Waals surface area contributed by atoms with Gasteiger partial charge in [-0.05, 0) is 91.8 Å². The maximum absolute atomic E-state index is 11.1. The second kappa shape index (κ2) is 14.0. The van der Waals surface area contributed by atoms with Crippen molar-refractivity contribution in [2.24, 2.45) is 46.3 Å². The lowest BCUT2D eigenvalue weighted by atomic mass is 9.47. The minimum atomic E-state index is -1.72. The molecule has 0 radical (unpaired) electrons. The van der Waals surface area contributed by atoms with Crippen LogP contribution < -0.4 is 0 Å². The Morgan fingerprint density at radius 1 is 0.788 bits per heavy atom. The average molecular weight is 739 g/mol. The highest BCUT2D eigenvalue weighted by Crippen LogP contribution is 2.70. The zero-order valence-corrected chi connectivity index (χ0v) is 31.0. The van der Waals surface area contributed by atoms with E-state index in [0.29, 0.717) is 41.9 Å². The topological polar surface area (TPSA) is 197 Å². The van der Waals surface area contributed by atoms with Crippen LogP contribution in [0.15, 0.2) is 11.6 Å². The summed E-state index contributed by atoms with van der Waals surface area (Å²) in [7, 11) is 0. The van der Waals surface area contributed by atoms with E-state index in [1.807, 2.05) is 0 Å². The summed E-state index contributed by atoms with van der Waals surface area (Å²) in [5.41, 5.74) is 1.63. The van der Waals surface area contributed by atoms with Crippen LogP contribution in [-0.4, -0.2) is 135 Å². The lowest BCUT2D eigenvalue weighted by Crippen LogP contribution is -2.65. The molecule has 13 heteroatoms. The Kier molecular flexibility index (Phi) is 10.3. The van der Waals surface area contributed by atoms with Crippen LogP contribution in [0.3, 0.4) is 0 Å². The molecule has 0 bridgehead atoms. The minimum absolute atomic E-state index is 0.0289. The molecule has 7 N–H and O–H groups in total. The lowest BCUT2D eigenvalue weighted by molar-refractivity contribution is -0.372. The number of fused-ring (bicyclic) bond motifs is 7. The Labute approximate surface area is 306 Å². The highest BCUT2D eigenvalue weighted by molar-refractivity contribution is 5.26. The predicted molar refractivity (Wildman–Crippen MR) is 183 cm³/mol. The van der Waals surface area contributed by atoms with Gasteiger partial charge in [0.2, 0.25) is 0 Å². The summed E-state index contributed by atoms with van der Waals surface area (Å²) >= 11 is 0. The average Bonchev–Trinajstić information content (AvgIpc) is 3.58. The van der Waals surface area contributed by atoms with Crippen molar-refractivity contribution >= 4 is 0 Å². The molecule has 4 heterocycles. The van der Waals surface area contributed by atoms with E-state index in [9.17, 15) is 35.7 Å². The van der Waals surface area contributed by atoms with Crippen molar-refractivity contribution in [3.8, 4) is 0 Å². The summed E-state index contributed by atoms with van der Waals surface area (Å²) in [6.07, 6.45) is -3.28. The maximum Gasteiger partial charge on any atom is 0.187 e. The third-order valence-corrected chi connectivity index (χ3v) is 15.6. The van der Waals surface area contributed by atoms with Gasteiger partial charge in [0.1, 0.15) is 48.8 Å². The molecule has 4 saturated heterocycles. The molecule has 0 aromatic heterocycles. The Balaban J connectivity index is 0.964. The quantitative estimate of drug-likeness (QED) is 0.193. The first-order chi connectivity index (χ1) is 24.7. The van der Waals surface area contributed by atoms with Crippen LogP contribution in [0.2, 0.25) is 0 Å². The van der Waals surface area contributed by atoms with Gasteiger partial charge in [-0.2, -0.15) is 0 Å². The second-order valence-corrected chi connectivity index (χ2v) is 18.3. The van der Waals surface area contributed by atoms with Gasteiger partial charge < -0.3 is 64.2 Å². The van der Waals surface area contributed by atoms with Crippen LogP contribution in [-0.2, 0) is 28.4 Å². The SMILES string of the molecule is C[C@@H]1CC[C@@]2(OC1)O[C@H]1C[C@H]3[C@@H]4CC=C5C[C@@H](O[C@@H]6O[C@H](CO)[C@@H](O)[C@H](O)[C@H]6O[C@@H]6O[C@H](CO)[C@H](O)[C@H](O)[C@H]6O)CC[C@]5(C)[C@H]4CC[C@]3(C)[C@H]1[C@@H]2C. The van der Waals surface area contributed by atoms with E-state index in [1.165, 1.54) is 18.4 Å². The number of aliphatic hydroxyl groups is 7. The van der Waals surface area contributed by atoms with Gasteiger partial charge in [0.25, 0.3) is 0 Å². The molecule has 4 aliphatic carbocycles. The van der Waals surface area contributed by atoms with Gasteiger partial charge in [0, 0.05) is 12.3 Å². The van der Waals surface area contributed by atoms with Crippen LogP contribution in [0.1, 0.15) is 85.5 Å². The molecule has 296 valence electrons. The maximum atomic E-state index is 11.1. The predicted octanol–water partition coefficient (Wildman–Crippen LogP) is 1.36. The third kappa shape index (κ3) is 5.90. The molecule has 0 aromatic rings. The first-order valence-electron chi connectivity index (χ1n) is 20.0. The van der Waals surface area contributed by atoms with Crippen LogP contribution in [0.4, 0.5) is 0 Å². The molecule has 21 atom stereocenters. The molecule has 1 spiro atoms. The van der Waals surface area contributed by atoms with Crippen molar-refractivity contribution < 1.29 is 64.2 Å². The minimum Gasteiger partial charge on any atom is -0.394 e. The van der Waals surface area contributed by atoms with Gasteiger partial charge in [-0.1, -0.05) is 39.3 Å². The molecular formula is C39H62O13. The van der Waals surface area contributed by atoms with Crippen molar-refractivity contribution in [1.82, 2.24) is 0 Å². The number of rotatable bonds is 6. The van der Waals surface area contributed by atoms with E-state index in [-0.39, 0.29) is 23.0 Å². The highest BCUT2D eigenvalue weighted by atomic mass is 16.8. The largest absolute Gasteiger partial charge is 0.394 e. The van der Waals surface area contributed by atoms with Crippen molar-refractivity contribution in [3.63, 3.8) is 0 Å². The van der Waals surface area contributed by atoms with E-state index in [1.54, 1.807) is 0 Å². The Hall–Kier alpha value is -0.780. The van der Waals surface area contributed by atoms with E-state index in [2.05, 4.69) is 33.8 Å². The summed E-state index contributed by atoms with van der Waals surface area (Å²) in [4.78, 5) is 0. The molecule has 52 heavy (non-hydrogen) atoms. The summed E-state index contributed by atoms with van der Waals surface area (Å²) in [5, 5.41) is 72.6. The van der Waals surface area contributed by atoms with Gasteiger partial charge in [-0.25, -0.2) is 0 Å². The Bertz CT molecular complexity index is 1320. The fraction of sp³-hybridized carbons (Fsp3) is 0.949. The zero-order valence-electron chi connectivity index (χ0n) is 31.0. The molecule has 0 unspecified atom stereocenters. The standard InChI is InChI=1S/C39H62O13/c1-18-7-12-39(47-17-18)19(2)28-25(52-39)14-24-22-6-5-20-13-21(8-10-37(20,3)23(22)9-11-38(24,28)4)48-36-34(32(45)30(43)27(16-41)50-36)51-35-33(46)31(44)29(42)26(15-40)49-35/h5,18-19,21-36,40-46H,6-17H2,1-4H3/t18-,19+,21+,22-,23+,24+,25+,26-,27-,28+,29+,30-,31+,32+,33-,34-,35+,36-,37+,38+,39-/m1/s1. The van der Waals surface area contributed by atoms with Gasteiger partial charge in [0.15, 0.2) is 18.4 Å². The second-order valence-electron chi connectivity index (χ2n) is 18.3. The number of hydrogen-bond donors (Lipinski definition) is 7. The molecule has 13 nitrogen and oxygen atoms in total. The van der Waals surface area contributed by atoms with Crippen molar-refractivity contribution in [2.45, 2.75) is 165 Å². The van der Waals surface area contributed by atoms with E-state index < -0.39 is 80.4 Å². The number of ether oxygens (including phenoxy) is 6. The molecule has 8 rings (SSSR count).